The standard InChI is InChI=1S/C20H24Cl2N3O5P/c1-15(26)24(17-3-7-19(28)8-4-17)31(30,23(13-11-21)14-12-22)25(16(2)27)18-5-9-20(29)10-6-18/h3-10,28-29H,11-14H2,1-2H3. The minimum Gasteiger partial charge on any atom is -0.508 e. The zero-order chi connectivity index (χ0) is 23.2. The summed E-state index contributed by atoms with van der Waals surface area (Å²) in [5.41, 5.74) is 0.431. The highest BCUT2D eigenvalue weighted by Crippen LogP contribution is 2.60. The first-order valence-electron chi connectivity index (χ1n) is 9.34. The lowest BCUT2D eigenvalue weighted by Crippen LogP contribution is -2.46. The first kappa shape index (κ1) is 25.0. The van der Waals surface area contributed by atoms with Gasteiger partial charge in [-0.15, -0.1) is 23.2 Å². The molecule has 0 aliphatic rings. The molecule has 0 fully saturated rings. The van der Waals surface area contributed by atoms with Gasteiger partial charge in [-0.3, -0.25) is 14.2 Å². The molecule has 0 saturated carbocycles. The second-order valence-electron chi connectivity index (χ2n) is 6.54. The van der Waals surface area contributed by atoms with Gasteiger partial charge in [0.2, 0.25) is 11.8 Å². The zero-order valence-corrected chi connectivity index (χ0v) is 19.5. The molecule has 2 aromatic rings. The third-order valence-electron chi connectivity index (χ3n) is 4.36. The number of benzene rings is 2. The molecule has 2 amide bonds. The average molecular weight is 488 g/mol. The molecule has 2 aromatic carbocycles. The van der Waals surface area contributed by atoms with E-state index in [4.69, 9.17) is 23.2 Å². The minimum atomic E-state index is -4.20. The number of hydrogen-bond donors (Lipinski definition) is 2. The number of carbonyl (C=O) groups excluding carboxylic acids is 2. The first-order valence-corrected chi connectivity index (χ1v) is 12.0. The van der Waals surface area contributed by atoms with Crippen LogP contribution in [0, 0.1) is 0 Å². The van der Waals surface area contributed by atoms with Crippen LogP contribution in [0.5, 0.6) is 11.5 Å². The summed E-state index contributed by atoms with van der Waals surface area (Å²) in [6.45, 7) is 2.62. The highest BCUT2D eigenvalue weighted by Gasteiger charge is 2.47. The van der Waals surface area contributed by atoms with E-state index in [0.717, 1.165) is 9.34 Å². The number of nitrogens with zero attached hydrogens (tertiary/aromatic N) is 3. The Bertz CT molecular complexity index is 883. The number of alkyl halides is 2. The number of phenolic OH excluding ortho intramolecular Hbond substituents is 2. The maximum Gasteiger partial charge on any atom is 0.349 e. The third-order valence-corrected chi connectivity index (χ3v) is 7.90. The van der Waals surface area contributed by atoms with Gasteiger partial charge in [-0.1, -0.05) is 0 Å². The number of aromatic hydroxyl groups is 2. The summed E-state index contributed by atoms with van der Waals surface area (Å²) in [4.78, 5) is 25.6. The van der Waals surface area contributed by atoms with E-state index in [9.17, 15) is 24.4 Å². The van der Waals surface area contributed by atoms with Gasteiger partial charge in [-0.05, 0) is 48.5 Å². The highest BCUT2D eigenvalue weighted by molar-refractivity contribution is 7.66. The molecule has 31 heavy (non-hydrogen) atoms. The van der Waals surface area contributed by atoms with Crippen LogP contribution in [0.4, 0.5) is 11.4 Å². The fourth-order valence-electron chi connectivity index (χ4n) is 3.13. The highest BCUT2D eigenvalue weighted by atomic mass is 35.5. The fourth-order valence-corrected chi connectivity index (χ4v) is 6.78. The Morgan fingerprint density at radius 1 is 0.774 bits per heavy atom. The topological polar surface area (TPSA) is 101 Å². The van der Waals surface area contributed by atoms with Gasteiger partial charge in [0, 0.05) is 38.7 Å². The molecular formula is C20H24Cl2N3O5P. The van der Waals surface area contributed by atoms with Crippen LogP contribution in [-0.4, -0.2) is 51.5 Å². The Labute approximate surface area is 191 Å². The number of anilines is 2. The molecule has 2 rings (SSSR count). The molecule has 0 aromatic heterocycles. The number of carbonyl (C=O) groups is 2. The van der Waals surface area contributed by atoms with Crippen molar-refractivity contribution in [2.75, 3.05) is 34.2 Å². The number of phenols is 2. The van der Waals surface area contributed by atoms with E-state index in [1.54, 1.807) is 0 Å². The summed E-state index contributed by atoms with van der Waals surface area (Å²) < 4.78 is 18.3. The zero-order valence-electron chi connectivity index (χ0n) is 17.1. The van der Waals surface area contributed by atoms with Crippen molar-refractivity contribution < 1.29 is 24.4 Å². The Hall–Kier alpha value is -2.25. The first-order chi connectivity index (χ1) is 14.7. The molecule has 0 unspecified atom stereocenters. The second kappa shape index (κ2) is 10.9. The van der Waals surface area contributed by atoms with Crippen LogP contribution >= 0.6 is 30.8 Å². The van der Waals surface area contributed by atoms with Gasteiger partial charge in [0.15, 0.2) is 0 Å². The van der Waals surface area contributed by atoms with Gasteiger partial charge in [-0.25, -0.2) is 14.0 Å². The van der Waals surface area contributed by atoms with Gasteiger partial charge >= 0.3 is 7.59 Å². The van der Waals surface area contributed by atoms with Gasteiger partial charge in [0.25, 0.3) is 0 Å². The van der Waals surface area contributed by atoms with Gasteiger partial charge in [0.1, 0.15) is 11.5 Å². The third kappa shape index (κ3) is 5.52. The largest absolute Gasteiger partial charge is 0.508 e. The van der Waals surface area contributed by atoms with Gasteiger partial charge in [0.05, 0.1) is 11.4 Å². The van der Waals surface area contributed by atoms with E-state index < -0.39 is 19.4 Å². The lowest BCUT2D eigenvalue weighted by molar-refractivity contribution is -0.115. The van der Waals surface area contributed by atoms with Crippen molar-refractivity contribution in [3.05, 3.63) is 48.5 Å². The molecule has 0 atom stereocenters. The summed E-state index contributed by atoms with van der Waals surface area (Å²) in [7, 11) is -4.20. The smallest absolute Gasteiger partial charge is 0.349 e. The number of amides is 2. The molecule has 2 N–H and O–H groups in total. The molecule has 0 aliphatic heterocycles. The summed E-state index contributed by atoms with van der Waals surface area (Å²) in [5.74, 6) is -1.11. The summed E-state index contributed by atoms with van der Waals surface area (Å²) in [5, 5.41) is 19.3. The Morgan fingerprint density at radius 2 is 1.10 bits per heavy atom. The van der Waals surface area contributed by atoms with E-state index in [-0.39, 0.29) is 47.7 Å². The SMILES string of the molecule is CC(=O)N(c1ccc(O)cc1)P(=O)(N(CCCl)CCCl)N(C(C)=O)c1ccc(O)cc1. The Kier molecular flexibility index (Phi) is 8.77. The maximum absolute atomic E-state index is 14.8. The molecule has 8 nitrogen and oxygen atoms in total. The van der Waals surface area contributed by atoms with Gasteiger partial charge < -0.3 is 10.2 Å². The normalized spacial score (nSPS) is 11.4. The van der Waals surface area contributed by atoms with Crippen LogP contribution in [0.3, 0.4) is 0 Å². The molecule has 11 heteroatoms. The van der Waals surface area contributed by atoms with E-state index in [2.05, 4.69) is 0 Å². The number of hydrogen-bond acceptors (Lipinski definition) is 5. The quantitative estimate of drug-likeness (QED) is 0.401. The van der Waals surface area contributed by atoms with Crippen molar-refractivity contribution in [2.45, 2.75) is 13.8 Å². The van der Waals surface area contributed by atoms with E-state index in [1.165, 1.54) is 67.0 Å². The van der Waals surface area contributed by atoms with Crippen LogP contribution < -0.4 is 9.34 Å². The lowest BCUT2D eigenvalue weighted by atomic mass is 10.3. The second-order valence-corrected chi connectivity index (χ2v) is 9.69. The summed E-state index contributed by atoms with van der Waals surface area (Å²) >= 11 is 11.9. The van der Waals surface area contributed by atoms with Crippen molar-refractivity contribution in [1.29, 1.82) is 0 Å². The molecular weight excluding hydrogens is 464 g/mol. The van der Waals surface area contributed by atoms with E-state index >= 15 is 0 Å². The number of rotatable bonds is 9. The van der Waals surface area contributed by atoms with Crippen LogP contribution in [0.15, 0.2) is 48.5 Å². The van der Waals surface area contributed by atoms with Crippen molar-refractivity contribution in [3.8, 4) is 11.5 Å². The molecule has 0 radical (unpaired) electrons. The fraction of sp³-hybridized carbons (Fsp3) is 0.300. The predicted molar refractivity (Wildman–Crippen MR) is 123 cm³/mol. The van der Waals surface area contributed by atoms with Crippen molar-refractivity contribution in [3.63, 3.8) is 0 Å². The summed E-state index contributed by atoms with van der Waals surface area (Å²) in [6.07, 6.45) is 0. The molecule has 0 spiro atoms. The monoisotopic (exact) mass is 487 g/mol. The van der Waals surface area contributed by atoms with Crippen LogP contribution in [0.2, 0.25) is 0 Å². The Morgan fingerprint density at radius 3 is 1.35 bits per heavy atom. The Balaban J connectivity index is 2.83. The average Bonchev–Trinajstić information content (AvgIpc) is 2.70. The molecule has 0 bridgehead atoms. The maximum atomic E-state index is 14.8. The molecule has 0 saturated heterocycles. The molecule has 168 valence electrons. The predicted octanol–water partition coefficient (Wildman–Crippen LogP) is 4.39. The van der Waals surface area contributed by atoms with Crippen LogP contribution in [-0.2, 0) is 14.2 Å². The van der Waals surface area contributed by atoms with Crippen molar-refractivity contribution >= 4 is 54.0 Å². The van der Waals surface area contributed by atoms with Gasteiger partial charge in [-0.2, -0.15) is 0 Å². The minimum absolute atomic E-state index is 0.0394. The summed E-state index contributed by atoms with van der Waals surface area (Å²) in [6, 6.07) is 11.1. The lowest BCUT2D eigenvalue weighted by Gasteiger charge is -2.43. The van der Waals surface area contributed by atoms with Crippen LogP contribution in [0.1, 0.15) is 13.8 Å². The van der Waals surface area contributed by atoms with Crippen LogP contribution in [0.25, 0.3) is 0 Å². The van der Waals surface area contributed by atoms with E-state index in [1.807, 2.05) is 0 Å². The number of halogens is 2. The van der Waals surface area contributed by atoms with E-state index in [0.29, 0.717) is 0 Å². The van der Waals surface area contributed by atoms with Crippen molar-refractivity contribution in [2.24, 2.45) is 0 Å². The molecule has 0 heterocycles. The molecule has 0 aliphatic carbocycles. The van der Waals surface area contributed by atoms with Crippen molar-refractivity contribution in [1.82, 2.24) is 4.67 Å².